The van der Waals surface area contributed by atoms with Crippen molar-refractivity contribution in [1.82, 2.24) is 10.3 Å². The first-order valence-corrected chi connectivity index (χ1v) is 9.97. The first-order chi connectivity index (χ1) is 13.9. The molecule has 0 bridgehead atoms. The Kier molecular flexibility index (Phi) is 5.05. The maximum Gasteiger partial charge on any atom is 0.255 e. The Balaban J connectivity index is 1.80. The number of rotatable bonds is 3. The summed E-state index contributed by atoms with van der Waals surface area (Å²) in [6.45, 7) is 6.02. The van der Waals surface area contributed by atoms with Gasteiger partial charge in [0.15, 0.2) is 5.78 Å². The summed E-state index contributed by atoms with van der Waals surface area (Å²) in [5, 5.41) is 6.25. The number of Topliss-reactive ketones (excluding diaryl/α,β-unsaturated/α-hetero) is 1. The average molecular weight is 387 g/mol. The van der Waals surface area contributed by atoms with Crippen molar-refractivity contribution in [2.24, 2.45) is 5.92 Å². The van der Waals surface area contributed by atoms with Crippen molar-refractivity contribution in [3.63, 3.8) is 0 Å². The van der Waals surface area contributed by atoms with Gasteiger partial charge in [-0.05, 0) is 43.9 Å². The summed E-state index contributed by atoms with van der Waals surface area (Å²) in [7, 11) is 0. The van der Waals surface area contributed by atoms with E-state index in [0.29, 0.717) is 23.7 Å². The lowest BCUT2D eigenvalue weighted by Crippen LogP contribution is -2.37. The summed E-state index contributed by atoms with van der Waals surface area (Å²) in [5.74, 6) is 0.285. The van der Waals surface area contributed by atoms with Gasteiger partial charge in [-0.1, -0.05) is 42.8 Å². The van der Waals surface area contributed by atoms with E-state index in [4.69, 9.17) is 0 Å². The Hall–Kier alpha value is -3.21. The molecule has 2 heterocycles. The minimum atomic E-state index is -0.379. The highest BCUT2D eigenvalue weighted by molar-refractivity contribution is 6.09. The van der Waals surface area contributed by atoms with Crippen LogP contribution in [0, 0.1) is 12.8 Å². The number of aromatic nitrogens is 1. The van der Waals surface area contributed by atoms with Gasteiger partial charge in [-0.3, -0.25) is 9.59 Å². The highest BCUT2D eigenvalue weighted by atomic mass is 16.2. The molecule has 0 unspecified atom stereocenters. The number of aryl methyl sites for hydroxylation is 1. The topological polar surface area (TPSA) is 71.1 Å². The normalized spacial score (nSPS) is 21.6. The number of dihydropyridines is 1. The van der Waals surface area contributed by atoms with Crippen LogP contribution in [0.2, 0.25) is 0 Å². The second kappa shape index (κ2) is 7.66. The van der Waals surface area contributed by atoms with Crippen molar-refractivity contribution in [3.05, 3.63) is 82.3 Å². The van der Waals surface area contributed by atoms with Crippen molar-refractivity contribution < 1.29 is 9.59 Å². The molecule has 0 spiro atoms. The number of pyridine rings is 1. The third-order valence-corrected chi connectivity index (χ3v) is 5.59. The molecule has 2 N–H and O–H groups in total. The minimum Gasteiger partial charge on any atom is -0.362 e. The zero-order chi connectivity index (χ0) is 20.5. The number of carbonyl (C=O) groups excluding carboxylic acids is 2. The average Bonchev–Trinajstić information content (AvgIpc) is 2.68. The predicted octanol–water partition coefficient (Wildman–Crippen LogP) is 4.24. The molecular weight excluding hydrogens is 362 g/mol. The molecule has 0 saturated carbocycles. The van der Waals surface area contributed by atoms with Gasteiger partial charge in [-0.25, -0.2) is 4.98 Å². The predicted molar refractivity (Wildman–Crippen MR) is 113 cm³/mol. The SMILES string of the molecule is CC1=C(C(=O)Nc2ccccn2)[C@@H](c2ccc(C)cc2)C2=C(C[C@H](C)CC2=O)N1. The van der Waals surface area contributed by atoms with Crippen molar-refractivity contribution in [1.29, 1.82) is 0 Å². The largest absolute Gasteiger partial charge is 0.362 e. The molecule has 1 aliphatic heterocycles. The lowest BCUT2D eigenvalue weighted by Gasteiger charge is -2.36. The molecule has 0 fully saturated rings. The molecule has 5 nitrogen and oxygen atoms in total. The van der Waals surface area contributed by atoms with E-state index in [2.05, 4.69) is 22.5 Å². The van der Waals surface area contributed by atoms with Crippen molar-refractivity contribution in [2.45, 2.75) is 39.5 Å². The van der Waals surface area contributed by atoms with E-state index in [1.165, 1.54) is 0 Å². The van der Waals surface area contributed by atoms with Crippen LogP contribution in [0.25, 0.3) is 0 Å². The number of carbonyl (C=O) groups is 2. The van der Waals surface area contributed by atoms with Crippen LogP contribution in [0.5, 0.6) is 0 Å². The number of amides is 1. The summed E-state index contributed by atoms with van der Waals surface area (Å²) in [6, 6.07) is 13.5. The maximum absolute atomic E-state index is 13.3. The molecule has 0 radical (unpaired) electrons. The monoisotopic (exact) mass is 387 g/mol. The Morgan fingerprint density at radius 1 is 1.10 bits per heavy atom. The number of allylic oxidation sites excluding steroid dienone is 3. The molecule has 148 valence electrons. The molecule has 5 heteroatoms. The van der Waals surface area contributed by atoms with E-state index in [9.17, 15) is 9.59 Å². The van der Waals surface area contributed by atoms with Gasteiger partial charge in [0.2, 0.25) is 0 Å². The number of hydrogen-bond donors (Lipinski definition) is 2. The lowest BCUT2D eigenvalue weighted by molar-refractivity contribution is -0.117. The van der Waals surface area contributed by atoms with E-state index in [1.54, 1.807) is 18.3 Å². The number of ketones is 1. The third kappa shape index (κ3) is 3.73. The Bertz CT molecular complexity index is 1020. The molecule has 1 aromatic carbocycles. The van der Waals surface area contributed by atoms with Crippen molar-refractivity contribution in [3.8, 4) is 0 Å². The molecular formula is C24H25N3O2. The fourth-order valence-corrected chi connectivity index (χ4v) is 4.25. The second-order valence-electron chi connectivity index (χ2n) is 8.01. The zero-order valence-electron chi connectivity index (χ0n) is 17.0. The molecule has 4 rings (SSSR count). The molecule has 2 aliphatic rings. The van der Waals surface area contributed by atoms with Crippen LogP contribution in [0.15, 0.2) is 71.2 Å². The summed E-state index contributed by atoms with van der Waals surface area (Å²) >= 11 is 0. The van der Waals surface area contributed by atoms with E-state index in [0.717, 1.165) is 34.5 Å². The number of nitrogens with zero attached hydrogens (tertiary/aromatic N) is 1. The first kappa shape index (κ1) is 19.1. The quantitative estimate of drug-likeness (QED) is 0.826. The van der Waals surface area contributed by atoms with Gasteiger partial charge in [-0.2, -0.15) is 0 Å². The molecule has 1 aliphatic carbocycles. The highest BCUT2D eigenvalue weighted by Crippen LogP contribution is 2.43. The smallest absolute Gasteiger partial charge is 0.255 e. The standard InChI is InChI=1S/C24H25N3O2/c1-14-7-9-17(10-8-14)22-21(24(29)27-20-6-4-5-11-25-20)16(3)26-18-12-15(2)13-19(28)23(18)22/h4-11,15,22,26H,12-13H2,1-3H3,(H,25,27,29)/t15-,22+/m0/s1. The maximum atomic E-state index is 13.3. The number of nitrogens with one attached hydrogen (secondary N) is 2. The van der Waals surface area contributed by atoms with E-state index >= 15 is 0 Å². The molecule has 2 aromatic rings. The first-order valence-electron chi connectivity index (χ1n) is 9.97. The Labute approximate surface area is 170 Å². The number of hydrogen-bond acceptors (Lipinski definition) is 4. The Morgan fingerprint density at radius 2 is 1.86 bits per heavy atom. The van der Waals surface area contributed by atoms with Gasteiger partial charge >= 0.3 is 0 Å². The van der Waals surface area contributed by atoms with E-state index in [-0.39, 0.29) is 17.6 Å². The molecule has 29 heavy (non-hydrogen) atoms. The van der Waals surface area contributed by atoms with E-state index in [1.807, 2.05) is 44.2 Å². The lowest BCUT2D eigenvalue weighted by atomic mass is 9.73. The van der Waals surface area contributed by atoms with Crippen molar-refractivity contribution >= 4 is 17.5 Å². The van der Waals surface area contributed by atoms with Crippen LogP contribution in [-0.4, -0.2) is 16.7 Å². The van der Waals surface area contributed by atoms with Crippen LogP contribution in [0.4, 0.5) is 5.82 Å². The summed E-state index contributed by atoms with van der Waals surface area (Å²) in [6.07, 6.45) is 2.97. The van der Waals surface area contributed by atoms with Gasteiger partial charge < -0.3 is 10.6 Å². The van der Waals surface area contributed by atoms with Gasteiger partial charge in [0.25, 0.3) is 5.91 Å². The van der Waals surface area contributed by atoms with Gasteiger partial charge in [0.05, 0.1) is 0 Å². The summed E-state index contributed by atoms with van der Waals surface area (Å²) in [5.41, 5.74) is 5.12. The van der Waals surface area contributed by atoms with Crippen molar-refractivity contribution in [2.75, 3.05) is 5.32 Å². The van der Waals surface area contributed by atoms with Crippen LogP contribution >= 0.6 is 0 Å². The van der Waals surface area contributed by atoms with Gasteiger partial charge in [0, 0.05) is 41.1 Å². The van der Waals surface area contributed by atoms with Crippen LogP contribution in [-0.2, 0) is 9.59 Å². The molecule has 0 saturated heterocycles. The number of benzene rings is 1. The van der Waals surface area contributed by atoms with E-state index < -0.39 is 0 Å². The second-order valence-corrected chi connectivity index (χ2v) is 8.01. The summed E-state index contributed by atoms with van der Waals surface area (Å²) in [4.78, 5) is 30.5. The fraction of sp³-hybridized carbons (Fsp3) is 0.292. The molecule has 1 amide bonds. The zero-order valence-corrected chi connectivity index (χ0v) is 17.0. The molecule has 1 aromatic heterocycles. The highest BCUT2D eigenvalue weighted by Gasteiger charge is 2.39. The molecule has 2 atom stereocenters. The van der Waals surface area contributed by atoms with Crippen LogP contribution in [0.3, 0.4) is 0 Å². The van der Waals surface area contributed by atoms with Gasteiger partial charge in [-0.15, -0.1) is 0 Å². The van der Waals surface area contributed by atoms with Crippen LogP contribution in [0.1, 0.15) is 43.7 Å². The number of anilines is 1. The fourth-order valence-electron chi connectivity index (χ4n) is 4.25. The van der Waals surface area contributed by atoms with Crippen LogP contribution < -0.4 is 10.6 Å². The van der Waals surface area contributed by atoms with Gasteiger partial charge in [0.1, 0.15) is 5.82 Å². The minimum absolute atomic E-state index is 0.118. The third-order valence-electron chi connectivity index (χ3n) is 5.59. The Morgan fingerprint density at radius 3 is 2.55 bits per heavy atom. The summed E-state index contributed by atoms with van der Waals surface area (Å²) < 4.78 is 0.